The molecule has 1 saturated carbocycles. The average molecular weight is 311 g/mol. The average Bonchev–Trinajstić information content (AvgIpc) is 3.31. The van der Waals surface area contributed by atoms with E-state index in [1.54, 1.807) is 12.1 Å². The lowest BCUT2D eigenvalue weighted by atomic mass is 9.76. The lowest BCUT2D eigenvalue weighted by Gasteiger charge is -2.34. The van der Waals surface area contributed by atoms with Crippen LogP contribution in [0.15, 0.2) is 42.5 Å². The molecule has 2 aliphatic rings. The Labute approximate surface area is 134 Å². The van der Waals surface area contributed by atoms with Gasteiger partial charge in [-0.1, -0.05) is 30.3 Å². The first-order chi connectivity index (χ1) is 11.1. The van der Waals surface area contributed by atoms with Gasteiger partial charge in [0, 0.05) is 0 Å². The molecule has 23 heavy (non-hydrogen) atoms. The lowest BCUT2D eigenvalue weighted by molar-refractivity contribution is 0.178. The van der Waals surface area contributed by atoms with Gasteiger partial charge < -0.3 is 10.4 Å². The molecule has 2 N–H and O–H groups in total. The highest BCUT2D eigenvalue weighted by Crippen LogP contribution is 2.60. The molecule has 0 heterocycles. The Morgan fingerprint density at radius 1 is 1.09 bits per heavy atom. The van der Waals surface area contributed by atoms with E-state index >= 15 is 0 Å². The summed E-state index contributed by atoms with van der Waals surface area (Å²) >= 11 is 0. The monoisotopic (exact) mass is 311 g/mol. The molecule has 4 rings (SSSR count). The molecule has 0 aromatic heterocycles. The largest absolute Gasteiger partial charge is 0.465 e. The molecule has 1 amide bonds. The summed E-state index contributed by atoms with van der Waals surface area (Å²) in [6.07, 6.45) is 3.23. The molecule has 0 saturated heterocycles. The summed E-state index contributed by atoms with van der Waals surface area (Å²) in [6.45, 7) is 0. The first-order valence-electron chi connectivity index (χ1n) is 7.96. The number of hydrogen-bond acceptors (Lipinski definition) is 1. The first kappa shape index (κ1) is 14.2. The molecule has 2 aromatic carbocycles. The van der Waals surface area contributed by atoms with Crippen molar-refractivity contribution in [2.75, 3.05) is 0 Å². The number of hydrogen-bond donors (Lipinski definition) is 2. The first-order valence-corrected chi connectivity index (χ1v) is 7.96. The number of nitrogens with one attached hydrogen (secondary N) is 1. The fraction of sp³-hybridized carbons (Fsp3) is 0.316. The Kier molecular flexibility index (Phi) is 3.15. The van der Waals surface area contributed by atoms with Crippen LogP contribution in [0, 0.1) is 11.2 Å². The molecule has 1 fully saturated rings. The van der Waals surface area contributed by atoms with Crippen molar-refractivity contribution in [2.24, 2.45) is 5.41 Å². The third-order valence-electron chi connectivity index (χ3n) is 5.30. The Balaban J connectivity index is 1.72. The van der Waals surface area contributed by atoms with Crippen LogP contribution in [-0.2, 0) is 6.42 Å². The second-order valence-corrected chi connectivity index (χ2v) is 6.67. The number of benzene rings is 2. The highest BCUT2D eigenvalue weighted by molar-refractivity contribution is 5.68. The van der Waals surface area contributed by atoms with Crippen LogP contribution in [0.4, 0.5) is 9.18 Å². The van der Waals surface area contributed by atoms with Crippen LogP contribution >= 0.6 is 0 Å². The van der Waals surface area contributed by atoms with Gasteiger partial charge in [-0.05, 0) is 65.5 Å². The van der Waals surface area contributed by atoms with E-state index in [4.69, 9.17) is 5.11 Å². The second kappa shape index (κ2) is 5.08. The Bertz CT molecular complexity index is 765. The van der Waals surface area contributed by atoms with E-state index in [1.165, 1.54) is 17.7 Å². The van der Waals surface area contributed by atoms with Crippen LogP contribution in [0.2, 0.25) is 0 Å². The van der Waals surface area contributed by atoms with E-state index < -0.39 is 6.09 Å². The molecular weight excluding hydrogens is 293 g/mol. The smallest absolute Gasteiger partial charge is 0.405 e. The van der Waals surface area contributed by atoms with E-state index in [9.17, 15) is 9.18 Å². The fourth-order valence-corrected chi connectivity index (χ4v) is 3.84. The maximum absolute atomic E-state index is 13.1. The van der Waals surface area contributed by atoms with Gasteiger partial charge >= 0.3 is 6.09 Å². The molecule has 2 aliphatic carbocycles. The molecular formula is C19H18FNO2. The second-order valence-electron chi connectivity index (χ2n) is 6.67. The molecule has 1 unspecified atom stereocenters. The standard InChI is InChI=1S/C19H18FNO2/c20-15-4-1-12(2-5-15)13-3-6-16-14(11-13)7-8-19(9-10-19)17(16)21-18(22)23/h1-6,11,17,21H,7-10H2,(H,22,23). The summed E-state index contributed by atoms with van der Waals surface area (Å²) in [5, 5.41) is 11.9. The summed E-state index contributed by atoms with van der Waals surface area (Å²) in [7, 11) is 0. The number of amides is 1. The Morgan fingerprint density at radius 2 is 1.78 bits per heavy atom. The molecule has 0 aliphatic heterocycles. The third-order valence-corrected chi connectivity index (χ3v) is 5.30. The van der Waals surface area contributed by atoms with Crippen molar-refractivity contribution < 1.29 is 14.3 Å². The molecule has 0 radical (unpaired) electrons. The Morgan fingerprint density at radius 3 is 2.43 bits per heavy atom. The summed E-state index contributed by atoms with van der Waals surface area (Å²) in [4.78, 5) is 11.2. The van der Waals surface area contributed by atoms with Crippen LogP contribution in [0.25, 0.3) is 11.1 Å². The van der Waals surface area contributed by atoms with E-state index in [1.807, 2.05) is 12.1 Å². The zero-order valence-electron chi connectivity index (χ0n) is 12.7. The maximum Gasteiger partial charge on any atom is 0.405 e. The molecule has 4 heteroatoms. The lowest BCUT2D eigenvalue weighted by Crippen LogP contribution is -2.36. The molecule has 3 nitrogen and oxygen atoms in total. The number of fused-ring (bicyclic) bond motifs is 1. The van der Waals surface area contributed by atoms with Gasteiger partial charge in [0.05, 0.1) is 6.04 Å². The van der Waals surface area contributed by atoms with Gasteiger partial charge in [0.1, 0.15) is 5.82 Å². The van der Waals surface area contributed by atoms with Crippen LogP contribution in [-0.4, -0.2) is 11.2 Å². The van der Waals surface area contributed by atoms with E-state index in [-0.39, 0.29) is 17.3 Å². The minimum Gasteiger partial charge on any atom is -0.465 e. The van der Waals surface area contributed by atoms with Crippen molar-refractivity contribution >= 4 is 6.09 Å². The topological polar surface area (TPSA) is 49.3 Å². The van der Waals surface area contributed by atoms with Crippen LogP contribution in [0.3, 0.4) is 0 Å². The minimum absolute atomic E-state index is 0.106. The molecule has 1 spiro atoms. The number of rotatable bonds is 2. The minimum atomic E-state index is -0.961. The molecule has 1 atom stereocenters. The van der Waals surface area contributed by atoms with E-state index in [2.05, 4.69) is 11.4 Å². The normalized spacial score (nSPS) is 20.8. The summed E-state index contributed by atoms with van der Waals surface area (Å²) < 4.78 is 13.1. The zero-order chi connectivity index (χ0) is 16.0. The molecule has 118 valence electrons. The van der Waals surface area contributed by atoms with Crippen molar-refractivity contribution in [3.63, 3.8) is 0 Å². The van der Waals surface area contributed by atoms with Crippen molar-refractivity contribution in [1.29, 1.82) is 0 Å². The third kappa shape index (κ3) is 2.48. The predicted octanol–water partition coefficient (Wildman–Crippen LogP) is 4.53. The van der Waals surface area contributed by atoms with Gasteiger partial charge in [-0.3, -0.25) is 0 Å². The van der Waals surface area contributed by atoms with Crippen molar-refractivity contribution in [1.82, 2.24) is 5.32 Å². The number of carboxylic acid groups (broad SMARTS) is 1. The number of halogens is 1. The van der Waals surface area contributed by atoms with E-state index in [0.29, 0.717) is 0 Å². The summed E-state index contributed by atoms with van der Waals surface area (Å²) in [6, 6.07) is 12.5. The van der Waals surface area contributed by atoms with Crippen LogP contribution < -0.4 is 5.32 Å². The Hall–Kier alpha value is -2.36. The molecule has 2 aromatic rings. The highest BCUT2D eigenvalue weighted by Gasteiger charge is 2.52. The zero-order valence-corrected chi connectivity index (χ0v) is 12.7. The van der Waals surface area contributed by atoms with Crippen molar-refractivity contribution in [2.45, 2.75) is 31.7 Å². The van der Waals surface area contributed by atoms with E-state index in [0.717, 1.165) is 42.4 Å². The number of aryl methyl sites for hydroxylation is 1. The van der Waals surface area contributed by atoms with Gasteiger partial charge in [-0.2, -0.15) is 0 Å². The van der Waals surface area contributed by atoms with Gasteiger partial charge in [-0.15, -0.1) is 0 Å². The summed E-state index contributed by atoms with van der Waals surface area (Å²) in [5.74, 6) is -0.242. The molecule has 0 bridgehead atoms. The van der Waals surface area contributed by atoms with Gasteiger partial charge in [0.15, 0.2) is 0 Å². The SMILES string of the molecule is O=C(O)NC1c2ccc(-c3ccc(F)cc3)cc2CCC12CC2. The van der Waals surface area contributed by atoms with Crippen LogP contribution in [0.1, 0.15) is 36.4 Å². The van der Waals surface area contributed by atoms with Crippen molar-refractivity contribution in [3.05, 3.63) is 59.4 Å². The fourth-order valence-electron chi connectivity index (χ4n) is 3.84. The number of carbonyl (C=O) groups is 1. The van der Waals surface area contributed by atoms with Crippen LogP contribution in [0.5, 0.6) is 0 Å². The highest BCUT2D eigenvalue weighted by atomic mass is 19.1. The van der Waals surface area contributed by atoms with Gasteiger partial charge in [0.25, 0.3) is 0 Å². The van der Waals surface area contributed by atoms with Gasteiger partial charge in [0.2, 0.25) is 0 Å². The predicted molar refractivity (Wildman–Crippen MR) is 85.7 cm³/mol. The quantitative estimate of drug-likeness (QED) is 0.856. The van der Waals surface area contributed by atoms with Gasteiger partial charge in [-0.25, -0.2) is 9.18 Å². The summed E-state index contributed by atoms with van der Waals surface area (Å²) in [5.41, 5.74) is 4.45. The van der Waals surface area contributed by atoms with Crippen molar-refractivity contribution in [3.8, 4) is 11.1 Å². The maximum atomic E-state index is 13.1.